The van der Waals surface area contributed by atoms with Gasteiger partial charge in [0.15, 0.2) is 5.43 Å². The lowest BCUT2D eigenvalue weighted by atomic mass is 9.98. The van der Waals surface area contributed by atoms with E-state index in [-0.39, 0.29) is 17.1 Å². The molecule has 3 heterocycles. The summed E-state index contributed by atoms with van der Waals surface area (Å²) in [6.07, 6.45) is 1.66. The highest BCUT2D eigenvalue weighted by Crippen LogP contribution is 2.40. The zero-order chi connectivity index (χ0) is 21.0. The van der Waals surface area contributed by atoms with Gasteiger partial charge < -0.3 is 4.42 Å². The standard InChI is InChI=1S/C24H17BrN2O3/c1-13-3-8-18-17(11-13)22(28)20-21(15-4-6-16(25)7-5-15)27(24(29)23(20)30-18)19-12-14(2)9-10-26-19/h3-12,21H,1-2H3/t21-/m0/s1. The number of nitrogens with zero attached hydrogens (tertiary/aromatic N) is 2. The molecule has 1 atom stereocenters. The lowest BCUT2D eigenvalue weighted by molar-refractivity contribution is 0.0970. The maximum Gasteiger partial charge on any atom is 0.296 e. The van der Waals surface area contributed by atoms with Gasteiger partial charge in [0.2, 0.25) is 5.76 Å². The summed E-state index contributed by atoms with van der Waals surface area (Å²) < 4.78 is 6.90. The van der Waals surface area contributed by atoms with Crippen LogP contribution in [0.4, 0.5) is 5.82 Å². The second kappa shape index (κ2) is 6.92. The van der Waals surface area contributed by atoms with E-state index in [2.05, 4.69) is 20.9 Å². The van der Waals surface area contributed by atoms with E-state index < -0.39 is 6.04 Å². The smallest absolute Gasteiger partial charge is 0.296 e. The number of anilines is 1. The van der Waals surface area contributed by atoms with E-state index in [1.807, 2.05) is 56.3 Å². The van der Waals surface area contributed by atoms with Crippen molar-refractivity contribution in [2.24, 2.45) is 0 Å². The van der Waals surface area contributed by atoms with Gasteiger partial charge in [0.25, 0.3) is 5.91 Å². The fraction of sp³-hybridized carbons (Fsp3) is 0.125. The summed E-state index contributed by atoms with van der Waals surface area (Å²) in [5.74, 6) is 0.196. The summed E-state index contributed by atoms with van der Waals surface area (Å²) in [5, 5.41) is 0.475. The van der Waals surface area contributed by atoms with Crippen LogP contribution in [0.15, 0.2) is 74.5 Å². The SMILES string of the molecule is Cc1ccnc(N2C(=O)c3oc4ccc(C)cc4c(=O)c3[C@@H]2c2ccc(Br)cc2)c1. The lowest BCUT2D eigenvalue weighted by Crippen LogP contribution is -2.30. The highest BCUT2D eigenvalue weighted by molar-refractivity contribution is 9.10. The van der Waals surface area contributed by atoms with Gasteiger partial charge in [0, 0.05) is 10.7 Å². The number of carbonyl (C=O) groups excluding carboxylic acids is 1. The minimum atomic E-state index is -0.615. The molecule has 2 aromatic carbocycles. The molecular weight excluding hydrogens is 444 g/mol. The fourth-order valence-corrected chi connectivity index (χ4v) is 4.20. The van der Waals surface area contributed by atoms with Crippen LogP contribution in [0, 0.1) is 13.8 Å². The van der Waals surface area contributed by atoms with Crippen molar-refractivity contribution in [3.8, 4) is 0 Å². The predicted molar refractivity (Wildman–Crippen MR) is 119 cm³/mol. The van der Waals surface area contributed by atoms with Gasteiger partial charge in [-0.15, -0.1) is 0 Å². The van der Waals surface area contributed by atoms with Crippen molar-refractivity contribution >= 4 is 38.6 Å². The third-order valence-electron chi connectivity index (χ3n) is 5.36. The Morgan fingerprint density at radius 3 is 2.43 bits per heavy atom. The predicted octanol–water partition coefficient (Wildman–Crippen LogP) is 5.32. The second-order valence-corrected chi connectivity index (χ2v) is 8.41. The number of hydrogen-bond acceptors (Lipinski definition) is 4. The molecule has 5 nitrogen and oxygen atoms in total. The van der Waals surface area contributed by atoms with Gasteiger partial charge in [0.1, 0.15) is 11.4 Å². The molecule has 1 aliphatic rings. The summed E-state index contributed by atoms with van der Waals surface area (Å²) in [7, 11) is 0. The van der Waals surface area contributed by atoms with Crippen LogP contribution < -0.4 is 10.3 Å². The Morgan fingerprint density at radius 2 is 1.70 bits per heavy atom. The first-order chi connectivity index (χ1) is 14.4. The number of aromatic nitrogens is 1. The summed E-state index contributed by atoms with van der Waals surface area (Å²) in [6.45, 7) is 3.86. The van der Waals surface area contributed by atoms with Crippen molar-refractivity contribution in [2.75, 3.05) is 4.90 Å². The Morgan fingerprint density at radius 1 is 0.967 bits per heavy atom. The highest BCUT2D eigenvalue weighted by Gasteiger charge is 2.44. The quantitative estimate of drug-likeness (QED) is 0.406. The van der Waals surface area contributed by atoms with Gasteiger partial charge in [0.05, 0.1) is 17.0 Å². The van der Waals surface area contributed by atoms with Gasteiger partial charge in [-0.25, -0.2) is 4.98 Å². The molecule has 5 rings (SSSR count). The lowest BCUT2D eigenvalue weighted by Gasteiger charge is -2.24. The third kappa shape index (κ3) is 2.87. The van der Waals surface area contributed by atoms with Crippen LogP contribution >= 0.6 is 15.9 Å². The summed E-state index contributed by atoms with van der Waals surface area (Å²) >= 11 is 3.45. The average Bonchev–Trinajstić information content (AvgIpc) is 3.02. The van der Waals surface area contributed by atoms with Crippen molar-refractivity contribution in [1.82, 2.24) is 4.98 Å². The van der Waals surface area contributed by atoms with E-state index in [9.17, 15) is 9.59 Å². The van der Waals surface area contributed by atoms with Crippen molar-refractivity contribution in [3.63, 3.8) is 0 Å². The molecule has 0 aliphatic carbocycles. The molecule has 0 N–H and O–H groups in total. The zero-order valence-corrected chi connectivity index (χ0v) is 17.9. The number of benzene rings is 2. The summed E-state index contributed by atoms with van der Waals surface area (Å²) in [6, 6.07) is 16.1. The van der Waals surface area contributed by atoms with Crippen LogP contribution in [0.1, 0.15) is 38.9 Å². The van der Waals surface area contributed by atoms with E-state index in [0.717, 1.165) is 21.2 Å². The molecule has 1 amide bonds. The van der Waals surface area contributed by atoms with E-state index in [0.29, 0.717) is 22.4 Å². The van der Waals surface area contributed by atoms with Crippen LogP contribution in [-0.4, -0.2) is 10.9 Å². The molecule has 0 unspecified atom stereocenters. The normalized spacial score (nSPS) is 15.6. The fourth-order valence-electron chi connectivity index (χ4n) is 3.94. The Labute approximate surface area is 181 Å². The minimum absolute atomic E-state index is 0.0765. The van der Waals surface area contributed by atoms with Gasteiger partial charge in [-0.3, -0.25) is 14.5 Å². The number of carbonyl (C=O) groups is 1. The molecule has 0 bridgehead atoms. The second-order valence-electron chi connectivity index (χ2n) is 7.49. The van der Waals surface area contributed by atoms with Crippen molar-refractivity contribution in [2.45, 2.75) is 19.9 Å². The van der Waals surface area contributed by atoms with E-state index in [1.165, 1.54) is 0 Å². The molecule has 1 aliphatic heterocycles. The number of aryl methyl sites for hydroxylation is 2. The first kappa shape index (κ1) is 18.8. The maximum atomic E-state index is 13.5. The van der Waals surface area contributed by atoms with Crippen LogP contribution in [0.5, 0.6) is 0 Å². The number of rotatable bonds is 2. The molecule has 0 saturated carbocycles. The minimum Gasteiger partial charge on any atom is -0.450 e. The Hall–Kier alpha value is -3.25. The third-order valence-corrected chi connectivity index (χ3v) is 5.89. The number of pyridine rings is 1. The average molecular weight is 461 g/mol. The Bertz CT molecular complexity index is 1380. The first-order valence-electron chi connectivity index (χ1n) is 9.53. The van der Waals surface area contributed by atoms with Crippen LogP contribution in [0.2, 0.25) is 0 Å². The monoisotopic (exact) mass is 460 g/mol. The topological polar surface area (TPSA) is 63.4 Å². The largest absolute Gasteiger partial charge is 0.450 e. The molecule has 0 radical (unpaired) electrons. The van der Waals surface area contributed by atoms with Gasteiger partial charge in [-0.05, 0) is 61.4 Å². The molecule has 0 saturated heterocycles. The van der Waals surface area contributed by atoms with Crippen LogP contribution in [0.3, 0.4) is 0 Å². The Balaban J connectivity index is 1.83. The Kier molecular flexibility index (Phi) is 4.33. The van der Waals surface area contributed by atoms with Crippen LogP contribution in [-0.2, 0) is 0 Å². The molecule has 30 heavy (non-hydrogen) atoms. The van der Waals surface area contributed by atoms with E-state index >= 15 is 0 Å². The molecule has 6 heteroatoms. The molecule has 0 spiro atoms. The number of amides is 1. The molecule has 4 aromatic rings. The van der Waals surface area contributed by atoms with E-state index in [4.69, 9.17) is 4.42 Å². The summed E-state index contributed by atoms with van der Waals surface area (Å²) in [4.78, 5) is 33.0. The number of hydrogen-bond donors (Lipinski definition) is 0. The molecule has 0 fully saturated rings. The molecule has 2 aromatic heterocycles. The van der Waals surface area contributed by atoms with Crippen LogP contribution in [0.25, 0.3) is 11.0 Å². The van der Waals surface area contributed by atoms with Gasteiger partial charge in [-0.2, -0.15) is 0 Å². The van der Waals surface area contributed by atoms with Crippen molar-refractivity contribution < 1.29 is 9.21 Å². The highest BCUT2D eigenvalue weighted by atomic mass is 79.9. The first-order valence-corrected chi connectivity index (χ1v) is 10.3. The zero-order valence-electron chi connectivity index (χ0n) is 16.3. The van der Waals surface area contributed by atoms with E-state index in [1.54, 1.807) is 23.2 Å². The van der Waals surface area contributed by atoms with Gasteiger partial charge in [-0.1, -0.05) is 39.7 Å². The van der Waals surface area contributed by atoms with Gasteiger partial charge >= 0.3 is 0 Å². The number of halogens is 1. The van der Waals surface area contributed by atoms with Crippen molar-refractivity contribution in [3.05, 3.63) is 104 Å². The number of fused-ring (bicyclic) bond motifs is 2. The summed E-state index contributed by atoms with van der Waals surface area (Å²) in [5.41, 5.74) is 3.31. The molecular formula is C24H17BrN2O3. The maximum absolute atomic E-state index is 13.5. The van der Waals surface area contributed by atoms with Crippen molar-refractivity contribution in [1.29, 1.82) is 0 Å². The molecule has 148 valence electrons.